The van der Waals surface area contributed by atoms with Crippen molar-refractivity contribution in [3.63, 3.8) is 0 Å². The van der Waals surface area contributed by atoms with E-state index < -0.39 is 16.6 Å². The lowest BCUT2D eigenvalue weighted by atomic mass is 9.67. The van der Waals surface area contributed by atoms with Crippen LogP contribution in [0.4, 0.5) is 0 Å². The van der Waals surface area contributed by atoms with E-state index in [1.165, 1.54) is 24.8 Å². The first kappa shape index (κ1) is 26.1. The van der Waals surface area contributed by atoms with Crippen molar-refractivity contribution in [2.24, 2.45) is 5.92 Å². The van der Waals surface area contributed by atoms with Crippen molar-refractivity contribution in [3.05, 3.63) is 34.9 Å². The van der Waals surface area contributed by atoms with Gasteiger partial charge in [-0.25, -0.2) is 4.79 Å². The van der Waals surface area contributed by atoms with E-state index in [-0.39, 0.29) is 17.5 Å². The summed E-state index contributed by atoms with van der Waals surface area (Å²) in [6.07, 6.45) is 8.46. The predicted octanol–water partition coefficient (Wildman–Crippen LogP) is 7.60. The van der Waals surface area contributed by atoms with Crippen LogP contribution in [0.3, 0.4) is 0 Å². The number of rotatable bonds is 8. The molecule has 0 aromatic heterocycles. The lowest BCUT2D eigenvalue weighted by Crippen LogP contribution is -2.46. The van der Waals surface area contributed by atoms with Gasteiger partial charge in [0.25, 0.3) is 0 Å². The van der Waals surface area contributed by atoms with E-state index >= 15 is 0 Å². The van der Waals surface area contributed by atoms with E-state index in [1.807, 2.05) is 0 Å². The molecule has 33 heavy (non-hydrogen) atoms. The average Bonchev–Trinajstić information content (AvgIpc) is 2.64. The first-order valence-corrected chi connectivity index (χ1v) is 19.5. The molecular weight excluding hydrogens is 444 g/mol. The summed E-state index contributed by atoms with van der Waals surface area (Å²) in [5, 5.41) is 0. The van der Waals surface area contributed by atoms with Crippen LogP contribution in [-0.2, 0) is 15.6 Å². The third kappa shape index (κ3) is 6.53. The molecule has 0 fully saturated rings. The molecular formula is C27H44O4Si2. The topological polar surface area (TPSA) is 44.8 Å². The second-order valence-electron chi connectivity index (χ2n) is 12.2. The van der Waals surface area contributed by atoms with E-state index in [9.17, 15) is 4.79 Å². The van der Waals surface area contributed by atoms with Crippen LogP contribution in [0.2, 0.25) is 39.3 Å². The van der Waals surface area contributed by atoms with Crippen molar-refractivity contribution in [1.29, 1.82) is 0 Å². The Bertz CT molecular complexity index is 906. The van der Waals surface area contributed by atoms with Gasteiger partial charge in [0.1, 0.15) is 17.1 Å². The number of carbonyl (C=O) groups is 1. The van der Waals surface area contributed by atoms with Crippen molar-refractivity contribution in [1.82, 2.24) is 0 Å². The Balaban J connectivity index is 2.09. The molecule has 0 saturated heterocycles. The van der Waals surface area contributed by atoms with Crippen molar-refractivity contribution in [2.75, 3.05) is 0 Å². The largest absolute Gasteiger partial charge is 0.544 e. The Morgan fingerprint density at radius 2 is 1.79 bits per heavy atom. The van der Waals surface area contributed by atoms with E-state index in [4.69, 9.17) is 13.6 Å². The normalized spacial score (nSPS) is 21.9. The maximum Gasteiger partial charge on any atom is 0.320 e. The van der Waals surface area contributed by atoms with Crippen LogP contribution in [0.5, 0.6) is 11.5 Å². The number of ether oxygens (including phenoxy) is 1. The van der Waals surface area contributed by atoms with Gasteiger partial charge in [0.05, 0.1) is 0 Å². The Labute approximate surface area is 203 Å². The summed E-state index contributed by atoms with van der Waals surface area (Å²) in [5.74, 6) is 2.14. The molecule has 1 aliphatic carbocycles. The number of benzene rings is 1. The molecule has 1 heterocycles. The summed E-state index contributed by atoms with van der Waals surface area (Å²) in [6.45, 7) is 19.5. The van der Waals surface area contributed by atoms with Crippen LogP contribution in [0, 0.1) is 5.92 Å². The number of hydrogen-bond acceptors (Lipinski definition) is 4. The average molecular weight is 489 g/mol. The molecule has 3 rings (SSSR count). The summed E-state index contributed by atoms with van der Waals surface area (Å²) < 4.78 is 19.2. The molecule has 4 nitrogen and oxygen atoms in total. The summed E-state index contributed by atoms with van der Waals surface area (Å²) in [5.41, 5.74) is 2.91. The Morgan fingerprint density at radius 1 is 1.09 bits per heavy atom. The number of carbonyl (C=O) groups excluding carboxylic acids is 1. The van der Waals surface area contributed by atoms with Gasteiger partial charge in [-0.05, 0) is 96.5 Å². The van der Waals surface area contributed by atoms with Crippen LogP contribution in [0.25, 0.3) is 0 Å². The van der Waals surface area contributed by atoms with Crippen LogP contribution in [0.1, 0.15) is 69.9 Å². The molecule has 0 spiro atoms. The van der Waals surface area contributed by atoms with Gasteiger partial charge in [-0.2, -0.15) is 0 Å². The third-order valence-corrected chi connectivity index (χ3v) is 8.08. The van der Waals surface area contributed by atoms with Gasteiger partial charge in [0.15, 0.2) is 0 Å². The Morgan fingerprint density at radius 3 is 2.39 bits per heavy atom. The molecule has 2 unspecified atom stereocenters. The van der Waals surface area contributed by atoms with Crippen LogP contribution >= 0.6 is 0 Å². The van der Waals surface area contributed by atoms with Gasteiger partial charge < -0.3 is 13.6 Å². The van der Waals surface area contributed by atoms with Crippen molar-refractivity contribution in [3.8, 4) is 11.5 Å². The fourth-order valence-corrected chi connectivity index (χ4v) is 6.57. The smallest absolute Gasteiger partial charge is 0.320 e. The number of fused-ring (bicyclic) bond motifs is 3. The highest BCUT2D eigenvalue weighted by atomic mass is 28.4. The first-order valence-electron chi connectivity index (χ1n) is 12.7. The molecule has 0 bridgehead atoms. The quantitative estimate of drug-likeness (QED) is 0.279. The molecule has 184 valence electrons. The second-order valence-corrected chi connectivity index (χ2v) is 21.1. The van der Waals surface area contributed by atoms with Crippen molar-refractivity contribution >= 4 is 22.6 Å². The molecule has 6 heteroatoms. The van der Waals surface area contributed by atoms with E-state index in [2.05, 4.69) is 78.3 Å². The number of aryl methyl sites for hydroxylation is 1. The standard InChI is InChI=1S/C27H44O4Si2/c1-10-11-12-13-19-16-23-25(24(17-19)30-32(4,5)6)21-18-20(26(28)31-33(7,8)9)14-15-22(21)27(2,3)29-23/h16-18,21-22H,10-15H2,1-9H3. The molecule has 0 radical (unpaired) electrons. The zero-order chi connectivity index (χ0) is 24.6. The molecule has 0 amide bonds. The number of hydrogen-bond donors (Lipinski definition) is 0. The van der Waals surface area contributed by atoms with Gasteiger partial charge in [0.2, 0.25) is 16.6 Å². The van der Waals surface area contributed by atoms with Gasteiger partial charge in [-0.15, -0.1) is 0 Å². The summed E-state index contributed by atoms with van der Waals surface area (Å²) >= 11 is 0. The van der Waals surface area contributed by atoms with Crippen LogP contribution in [-0.4, -0.2) is 28.2 Å². The maximum absolute atomic E-state index is 13.0. The lowest BCUT2D eigenvalue weighted by molar-refractivity contribution is -0.131. The maximum atomic E-state index is 13.0. The zero-order valence-electron chi connectivity index (χ0n) is 22.3. The minimum atomic E-state index is -1.95. The minimum absolute atomic E-state index is 0.0951. The lowest BCUT2D eigenvalue weighted by Gasteiger charge is -2.47. The van der Waals surface area contributed by atoms with Gasteiger partial charge in [-0.1, -0.05) is 25.8 Å². The molecule has 1 aliphatic heterocycles. The highest BCUT2D eigenvalue weighted by molar-refractivity contribution is 6.71. The van der Waals surface area contributed by atoms with Gasteiger partial charge >= 0.3 is 5.97 Å². The third-order valence-electron chi connectivity index (χ3n) is 6.45. The Kier molecular flexibility index (Phi) is 7.59. The summed E-state index contributed by atoms with van der Waals surface area (Å²) in [7, 11) is -3.79. The van der Waals surface area contributed by atoms with Gasteiger partial charge in [0, 0.05) is 23.0 Å². The first-order chi connectivity index (χ1) is 15.2. The van der Waals surface area contributed by atoms with Crippen molar-refractivity contribution in [2.45, 2.75) is 110 Å². The van der Waals surface area contributed by atoms with E-state index in [0.717, 1.165) is 41.9 Å². The molecule has 1 aromatic carbocycles. The van der Waals surface area contributed by atoms with Crippen LogP contribution in [0.15, 0.2) is 23.8 Å². The van der Waals surface area contributed by atoms with Gasteiger partial charge in [-0.3, -0.25) is 0 Å². The number of unbranched alkanes of at least 4 members (excludes halogenated alkanes) is 2. The second kappa shape index (κ2) is 9.61. The monoisotopic (exact) mass is 488 g/mol. The molecule has 2 aliphatic rings. The zero-order valence-corrected chi connectivity index (χ0v) is 24.3. The highest BCUT2D eigenvalue weighted by Gasteiger charge is 2.47. The fraction of sp³-hybridized carbons (Fsp3) is 0.667. The molecule has 0 saturated carbocycles. The molecule has 2 atom stereocenters. The fourth-order valence-electron chi connectivity index (χ4n) is 5.05. The molecule has 1 aromatic rings. The number of allylic oxidation sites excluding steroid dienone is 1. The summed E-state index contributed by atoms with van der Waals surface area (Å²) in [4.78, 5) is 13.0. The predicted molar refractivity (Wildman–Crippen MR) is 141 cm³/mol. The van der Waals surface area contributed by atoms with E-state index in [1.54, 1.807) is 0 Å². The van der Waals surface area contributed by atoms with Crippen molar-refractivity contribution < 1.29 is 18.4 Å². The Hall–Kier alpha value is -1.54. The minimum Gasteiger partial charge on any atom is -0.544 e. The molecule has 0 N–H and O–H groups in total. The summed E-state index contributed by atoms with van der Waals surface area (Å²) in [6, 6.07) is 4.47. The highest BCUT2D eigenvalue weighted by Crippen LogP contribution is 2.54. The SMILES string of the molecule is CCCCCc1cc2c(c(O[Si](C)(C)C)c1)C1C=C(C(=O)O[Si](C)(C)C)CCC1C(C)(C)O2. The van der Waals surface area contributed by atoms with E-state index in [0.29, 0.717) is 5.92 Å². The van der Waals surface area contributed by atoms with Crippen LogP contribution < -0.4 is 9.16 Å².